The number of benzene rings is 1. The molecule has 4 bridgehead atoms. The molecule has 5 aliphatic rings. The van der Waals surface area contributed by atoms with Crippen molar-refractivity contribution in [1.29, 1.82) is 5.26 Å². The summed E-state index contributed by atoms with van der Waals surface area (Å²) in [5, 5.41) is 9.18. The minimum Gasteiger partial charge on any atom is -0.497 e. The molecule has 1 aliphatic heterocycles. The predicted molar refractivity (Wildman–Crippen MR) is 107 cm³/mol. The molecule has 4 heteroatoms. The highest BCUT2D eigenvalue weighted by molar-refractivity contribution is 5.84. The lowest BCUT2D eigenvalue weighted by Gasteiger charge is -2.62. The summed E-state index contributed by atoms with van der Waals surface area (Å²) in [5.41, 5.74) is 1.41. The number of carbonyl (C=O) groups excluding carboxylic acids is 1. The van der Waals surface area contributed by atoms with Crippen molar-refractivity contribution in [3.63, 3.8) is 0 Å². The Hall–Kier alpha value is -2.02. The molecule has 1 saturated heterocycles. The summed E-state index contributed by atoms with van der Waals surface area (Å²) in [4.78, 5) is 15.8. The van der Waals surface area contributed by atoms with Gasteiger partial charge in [-0.25, -0.2) is 0 Å². The second-order valence-corrected chi connectivity index (χ2v) is 9.95. The molecule has 148 valence electrons. The smallest absolute Gasteiger partial charge is 0.228 e. The Kier molecular flexibility index (Phi) is 4.19. The lowest BCUT2D eigenvalue weighted by Crippen LogP contribution is -2.60. The molecule has 0 spiro atoms. The van der Waals surface area contributed by atoms with Gasteiger partial charge in [0.25, 0.3) is 0 Å². The van der Waals surface area contributed by atoms with Gasteiger partial charge in [-0.3, -0.25) is 4.79 Å². The fraction of sp³-hybridized carbons (Fsp3) is 0.667. The van der Waals surface area contributed by atoms with Crippen molar-refractivity contribution >= 4 is 5.91 Å². The van der Waals surface area contributed by atoms with Gasteiger partial charge in [0.15, 0.2) is 0 Å². The summed E-state index contributed by atoms with van der Waals surface area (Å²) in [6.07, 6.45) is 8.64. The van der Waals surface area contributed by atoms with Crippen LogP contribution in [0.3, 0.4) is 0 Å². The van der Waals surface area contributed by atoms with Gasteiger partial charge in [-0.1, -0.05) is 12.1 Å². The van der Waals surface area contributed by atoms with E-state index in [4.69, 9.17) is 4.74 Å². The zero-order chi connectivity index (χ0) is 19.4. The van der Waals surface area contributed by atoms with E-state index in [1.165, 1.54) is 24.8 Å². The summed E-state index contributed by atoms with van der Waals surface area (Å²) in [5.74, 6) is 2.80. The van der Waals surface area contributed by atoms with Gasteiger partial charge in [0, 0.05) is 19.0 Å². The largest absolute Gasteiger partial charge is 0.497 e. The second-order valence-electron chi connectivity index (χ2n) is 9.95. The SMILES string of the molecule is COc1ccc(C23CC4CC(CC(C(=O)N5CCC(C#N)CC5)(C4)C2)C3)cc1. The fourth-order valence-electron chi connectivity index (χ4n) is 7.34. The molecule has 4 saturated carbocycles. The number of ether oxygens (including phenoxy) is 1. The molecule has 1 aromatic rings. The van der Waals surface area contributed by atoms with Gasteiger partial charge < -0.3 is 9.64 Å². The molecular weight excluding hydrogens is 348 g/mol. The highest BCUT2D eigenvalue weighted by atomic mass is 16.5. The quantitative estimate of drug-likeness (QED) is 0.788. The minimum atomic E-state index is -0.163. The maximum atomic E-state index is 13.7. The van der Waals surface area contributed by atoms with Crippen molar-refractivity contribution in [2.24, 2.45) is 23.2 Å². The van der Waals surface area contributed by atoms with E-state index < -0.39 is 0 Å². The Morgan fingerprint density at radius 3 is 2.32 bits per heavy atom. The topological polar surface area (TPSA) is 53.3 Å². The van der Waals surface area contributed by atoms with E-state index in [1.54, 1.807) is 7.11 Å². The van der Waals surface area contributed by atoms with Crippen LogP contribution in [0.1, 0.15) is 56.9 Å². The standard InChI is InChI=1S/C24H30N2O2/c1-28-21-4-2-20(3-5-21)23-11-18-10-19(12-23)14-24(13-18,16-23)22(27)26-8-6-17(15-25)7-9-26/h2-5,17-19H,6-14,16H2,1H3. The first-order valence-electron chi connectivity index (χ1n) is 10.9. The molecule has 28 heavy (non-hydrogen) atoms. The van der Waals surface area contributed by atoms with Crippen LogP contribution in [-0.2, 0) is 10.2 Å². The average Bonchev–Trinajstić information content (AvgIpc) is 2.72. The van der Waals surface area contributed by atoms with Gasteiger partial charge in [-0.05, 0) is 86.3 Å². The minimum absolute atomic E-state index is 0.131. The number of methoxy groups -OCH3 is 1. The molecule has 6 rings (SSSR count). The predicted octanol–water partition coefficient (Wildman–Crippen LogP) is 4.30. The van der Waals surface area contributed by atoms with Crippen molar-refractivity contribution in [3.05, 3.63) is 29.8 Å². The first-order chi connectivity index (χ1) is 13.6. The highest BCUT2D eigenvalue weighted by Gasteiger charge is 2.61. The van der Waals surface area contributed by atoms with Gasteiger partial charge in [0.2, 0.25) is 5.91 Å². The van der Waals surface area contributed by atoms with Crippen LogP contribution in [0.4, 0.5) is 0 Å². The summed E-state index contributed by atoms with van der Waals surface area (Å²) >= 11 is 0. The van der Waals surface area contributed by atoms with E-state index in [-0.39, 0.29) is 16.7 Å². The molecule has 0 radical (unpaired) electrons. The van der Waals surface area contributed by atoms with E-state index in [9.17, 15) is 10.1 Å². The molecule has 0 N–H and O–H groups in total. The number of nitrogens with zero attached hydrogens (tertiary/aromatic N) is 2. The molecule has 4 aliphatic carbocycles. The third-order valence-corrected chi connectivity index (χ3v) is 8.18. The normalized spacial score (nSPS) is 36.9. The Bertz CT molecular complexity index is 787. The third kappa shape index (κ3) is 2.74. The number of hydrogen-bond donors (Lipinski definition) is 0. The van der Waals surface area contributed by atoms with Gasteiger partial charge in [-0.15, -0.1) is 0 Å². The molecule has 1 aromatic carbocycles. The molecule has 5 fully saturated rings. The molecule has 1 amide bonds. The first-order valence-corrected chi connectivity index (χ1v) is 10.9. The van der Waals surface area contributed by atoms with Crippen molar-refractivity contribution < 1.29 is 9.53 Å². The second kappa shape index (κ2) is 6.51. The van der Waals surface area contributed by atoms with E-state index in [0.29, 0.717) is 17.7 Å². The van der Waals surface area contributed by atoms with Crippen LogP contribution >= 0.6 is 0 Å². The van der Waals surface area contributed by atoms with Crippen LogP contribution < -0.4 is 4.74 Å². The molecular formula is C24H30N2O2. The van der Waals surface area contributed by atoms with Gasteiger partial charge >= 0.3 is 0 Å². The summed E-state index contributed by atoms with van der Waals surface area (Å²) in [6, 6.07) is 11.0. The van der Waals surface area contributed by atoms with E-state index >= 15 is 0 Å². The van der Waals surface area contributed by atoms with E-state index in [1.807, 2.05) is 0 Å². The number of likely N-dealkylation sites (tertiary alicyclic amines) is 1. The van der Waals surface area contributed by atoms with Crippen molar-refractivity contribution in [3.8, 4) is 11.8 Å². The van der Waals surface area contributed by atoms with E-state index in [2.05, 4.69) is 35.2 Å². The van der Waals surface area contributed by atoms with Crippen LogP contribution in [-0.4, -0.2) is 31.0 Å². The van der Waals surface area contributed by atoms with E-state index in [0.717, 1.165) is 50.9 Å². The summed E-state index contributed by atoms with van der Waals surface area (Å²) in [6.45, 7) is 1.54. The summed E-state index contributed by atoms with van der Waals surface area (Å²) in [7, 11) is 1.71. The lowest BCUT2D eigenvalue weighted by atomic mass is 9.42. The van der Waals surface area contributed by atoms with Crippen LogP contribution in [0.15, 0.2) is 24.3 Å². The Morgan fingerprint density at radius 1 is 1.11 bits per heavy atom. The number of amides is 1. The van der Waals surface area contributed by atoms with Crippen molar-refractivity contribution in [1.82, 2.24) is 4.90 Å². The number of nitriles is 1. The van der Waals surface area contributed by atoms with Gasteiger partial charge in [0.1, 0.15) is 5.75 Å². The maximum Gasteiger partial charge on any atom is 0.228 e. The number of hydrogen-bond acceptors (Lipinski definition) is 3. The van der Waals surface area contributed by atoms with Crippen LogP contribution in [0, 0.1) is 34.5 Å². The van der Waals surface area contributed by atoms with Crippen LogP contribution in [0.2, 0.25) is 0 Å². The molecule has 2 unspecified atom stereocenters. The number of carbonyl (C=O) groups is 1. The Balaban J connectivity index is 1.43. The van der Waals surface area contributed by atoms with Crippen molar-refractivity contribution in [2.75, 3.05) is 20.2 Å². The molecule has 4 nitrogen and oxygen atoms in total. The molecule has 1 heterocycles. The fourth-order valence-corrected chi connectivity index (χ4v) is 7.34. The zero-order valence-corrected chi connectivity index (χ0v) is 16.8. The third-order valence-electron chi connectivity index (χ3n) is 8.18. The van der Waals surface area contributed by atoms with Gasteiger partial charge in [-0.2, -0.15) is 5.26 Å². The highest BCUT2D eigenvalue weighted by Crippen LogP contribution is 2.66. The Morgan fingerprint density at radius 2 is 1.75 bits per heavy atom. The van der Waals surface area contributed by atoms with Crippen LogP contribution in [0.5, 0.6) is 5.75 Å². The van der Waals surface area contributed by atoms with Crippen LogP contribution in [0.25, 0.3) is 0 Å². The summed E-state index contributed by atoms with van der Waals surface area (Å²) < 4.78 is 5.36. The average molecular weight is 379 g/mol. The first kappa shape index (κ1) is 18.0. The number of rotatable bonds is 3. The molecule has 2 atom stereocenters. The Labute approximate surface area is 167 Å². The molecule has 0 aromatic heterocycles. The maximum absolute atomic E-state index is 13.7. The van der Waals surface area contributed by atoms with Crippen molar-refractivity contribution in [2.45, 2.75) is 56.8 Å². The van der Waals surface area contributed by atoms with Gasteiger partial charge in [0.05, 0.1) is 18.6 Å². The zero-order valence-electron chi connectivity index (χ0n) is 16.8. The lowest BCUT2D eigenvalue weighted by molar-refractivity contribution is -0.161. The monoisotopic (exact) mass is 378 g/mol. The number of piperidine rings is 1.